The van der Waals surface area contributed by atoms with E-state index in [1.165, 1.54) is 177 Å². The molecule has 0 aliphatic heterocycles. The molecule has 0 saturated heterocycles. The third-order valence-corrected chi connectivity index (χ3v) is 20.3. The van der Waals surface area contributed by atoms with Crippen LogP contribution in [0.5, 0.6) is 0 Å². The molecule has 0 nitrogen and oxygen atoms in total. The quantitative estimate of drug-likeness (QED) is 0.146. The lowest BCUT2D eigenvalue weighted by molar-refractivity contribution is 0.660. The van der Waals surface area contributed by atoms with Crippen molar-refractivity contribution in [3.05, 3.63) is 300 Å². The van der Waals surface area contributed by atoms with Crippen LogP contribution in [0.3, 0.4) is 0 Å². The molecule has 0 spiro atoms. The van der Waals surface area contributed by atoms with Crippen LogP contribution in [0.25, 0.3) is 143 Å². The zero-order valence-electron chi connectivity index (χ0n) is 48.9. The normalized spacial score (nSPS) is 14.5. The minimum atomic E-state index is -0.235. The summed E-state index contributed by atoms with van der Waals surface area (Å²) in [6, 6.07) is 101. The molecule has 0 heteroatoms. The first kappa shape index (κ1) is 49.7. The Labute approximate surface area is 498 Å². The zero-order chi connectivity index (χ0) is 57.1. The van der Waals surface area contributed by atoms with Gasteiger partial charge in [0.2, 0.25) is 0 Å². The average molecular weight is 1080 g/mol. The fraction of sp³-hybridized carbons (Fsp3) is 0.106. The Balaban J connectivity index is 0.738. The van der Waals surface area contributed by atoms with Crippen LogP contribution in [0.4, 0.5) is 0 Å². The minimum absolute atomic E-state index is 0.0839. The summed E-state index contributed by atoms with van der Waals surface area (Å²) in [5, 5.41) is 10.2. The van der Waals surface area contributed by atoms with Crippen LogP contribution >= 0.6 is 0 Å². The van der Waals surface area contributed by atoms with Crippen molar-refractivity contribution >= 4 is 43.1 Å². The van der Waals surface area contributed by atoms with Gasteiger partial charge in [0, 0.05) is 16.2 Å². The van der Waals surface area contributed by atoms with Gasteiger partial charge in [-0.2, -0.15) is 0 Å². The number of hydrogen-bond donors (Lipinski definition) is 0. The van der Waals surface area contributed by atoms with E-state index < -0.39 is 0 Å². The number of hydrogen-bond acceptors (Lipinski definition) is 0. The number of fused-ring (bicyclic) bond motifs is 13. The van der Waals surface area contributed by atoms with E-state index >= 15 is 0 Å². The zero-order valence-corrected chi connectivity index (χ0v) is 48.9. The summed E-state index contributed by atoms with van der Waals surface area (Å²) < 4.78 is 0. The summed E-state index contributed by atoms with van der Waals surface area (Å²) in [7, 11) is 0. The van der Waals surface area contributed by atoms with Crippen LogP contribution in [0, 0.1) is 0 Å². The van der Waals surface area contributed by atoms with Gasteiger partial charge in [-0.1, -0.05) is 278 Å². The predicted molar refractivity (Wildman–Crippen MR) is 362 cm³/mol. The van der Waals surface area contributed by atoms with Crippen molar-refractivity contribution < 1.29 is 0 Å². The van der Waals surface area contributed by atoms with E-state index in [2.05, 4.69) is 308 Å². The summed E-state index contributed by atoms with van der Waals surface area (Å²) in [5.41, 5.74) is 30.9. The van der Waals surface area contributed by atoms with Crippen molar-refractivity contribution in [3.8, 4) is 100 Å². The molecule has 17 rings (SSSR count). The first-order chi connectivity index (χ1) is 41.4. The molecule has 14 aromatic rings. The molecule has 0 heterocycles. The number of rotatable bonds is 6. The van der Waals surface area contributed by atoms with Crippen molar-refractivity contribution in [3.63, 3.8) is 0 Å². The van der Waals surface area contributed by atoms with E-state index in [0.717, 1.165) is 0 Å². The molecule has 0 unspecified atom stereocenters. The maximum atomic E-state index is 2.52. The molecule has 3 aliphatic carbocycles. The Kier molecular flexibility index (Phi) is 10.6. The Morgan fingerprint density at radius 2 is 0.459 bits per heavy atom. The summed E-state index contributed by atoms with van der Waals surface area (Å²) in [5.74, 6) is 0. The second-order valence-corrected chi connectivity index (χ2v) is 25.8. The van der Waals surface area contributed by atoms with Gasteiger partial charge in [-0.05, 0) is 207 Å². The topological polar surface area (TPSA) is 0 Å². The summed E-state index contributed by atoms with van der Waals surface area (Å²) in [6.45, 7) is 14.5. The van der Waals surface area contributed by atoms with E-state index in [9.17, 15) is 0 Å². The first-order valence-electron chi connectivity index (χ1n) is 30.3. The van der Waals surface area contributed by atoms with Crippen LogP contribution < -0.4 is 0 Å². The molecule has 0 saturated carbocycles. The lowest BCUT2D eigenvalue weighted by Crippen LogP contribution is -2.15. The summed E-state index contributed by atoms with van der Waals surface area (Å²) in [4.78, 5) is 0. The molecule has 0 aromatic heterocycles. The van der Waals surface area contributed by atoms with Gasteiger partial charge in [0.1, 0.15) is 0 Å². The molecule has 402 valence electrons. The second kappa shape index (κ2) is 18.1. The molecule has 0 fully saturated rings. The van der Waals surface area contributed by atoms with E-state index in [4.69, 9.17) is 0 Å². The van der Waals surface area contributed by atoms with Gasteiger partial charge in [-0.15, -0.1) is 0 Å². The van der Waals surface area contributed by atoms with E-state index in [1.807, 2.05) is 0 Å². The molecule has 0 amide bonds. The highest BCUT2D eigenvalue weighted by Crippen LogP contribution is 2.57. The van der Waals surface area contributed by atoms with Crippen molar-refractivity contribution in [2.24, 2.45) is 0 Å². The fourth-order valence-electron chi connectivity index (χ4n) is 16.1. The molecule has 14 aromatic carbocycles. The third kappa shape index (κ3) is 7.09. The largest absolute Gasteiger partial charge is 0.0622 e. The Bertz CT molecular complexity index is 5120. The Morgan fingerprint density at radius 3 is 0.882 bits per heavy atom. The molecule has 0 radical (unpaired) electrons. The molecular formula is C85H62. The van der Waals surface area contributed by atoms with Crippen LogP contribution in [0.2, 0.25) is 0 Å². The maximum Gasteiger partial charge on any atom is 0.0159 e. The average Bonchev–Trinajstić information content (AvgIpc) is 2.33. The van der Waals surface area contributed by atoms with Gasteiger partial charge in [0.25, 0.3) is 0 Å². The molecule has 3 aliphatic rings. The van der Waals surface area contributed by atoms with Crippen molar-refractivity contribution in [2.45, 2.75) is 57.8 Å². The molecule has 0 N–H and O–H groups in total. The maximum absolute atomic E-state index is 2.52. The van der Waals surface area contributed by atoms with Crippen LogP contribution in [-0.2, 0) is 16.2 Å². The van der Waals surface area contributed by atoms with Crippen molar-refractivity contribution in [1.82, 2.24) is 0 Å². The smallest absolute Gasteiger partial charge is 0.0159 e. The van der Waals surface area contributed by atoms with E-state index in [1.54, 1.807) is 0 Å². The van der Waals surface area contributed by atoms with Gasteiger partial charge in [-0.3, -0.25) is 0 Å². The lowest BCUT2D eigenvalue weighted by Gasteiger charge is -2.24. The van der Waals surface area contributed by atoms with Crippen LogP contribution in [-0.4, -0.2) is 0 Å². The summed E-state index contributed by atoms with van der Waals surface area (Å²) >= 11 is 0. The van der Waals surface area contributed by atoms with E-state index in [0.29, 0.717) is 0 Å². The van der Waals surface area contributed by atoms with Crippen LogP contribution in [0.1, 0.15) is 74.9 Å². The van der Waals surface area contributed by atoms with Gasteiger partial charge in [-0.25, -0.2) is 0 Å². The predicted octanol–water partition coefficient (Wildman–Crippen LogP) is 23.2. The number of benzene rings is 14. The van der Waals surface area contributed by atoms with Crippen molar-refractivity contribution in [2.75, 3.05) is 0 Å². The van der Waals surface area contributed by atoms with Crippen LogP contribution in [0.15, 0.2) is 267 Å². The minimum Gasteiger partial charge on any atom is -0.0622 e. The summed E-state index contributed by atoms with van der Waals surface area (Å²) in [6.07, 6.45) is 0. The van der Waals surface area contributed by atoms with Gasteiger partial charge < -0.3 is 0 Å². The van der Waals surface area contributed by atoms with Gasteiger partial charge in [0.15, 0.2) is 0 Å². The van der Waals surface area contributed by atoms with Gasteiger partial charge >= 0.3 is 0 Å². The highest BCUT2D eigenvalue weighted by Gasteiger charge is 2.40. The Morgan fingerprint density at radius 1 is 0.176 bits per heavy atom. The third-order valence-electron chi connectivity index (χ3n) is 20.3. The second-order valence-electron chi connectivity index (χ2n) is 25.8. The molecule has 85 heavy (non-hydrogen) atoms. The fourth-order valence-corrected chi connectivity index (χ4v) is 16.1. The molecule has 0 atom stereocenters. The highest BCUT2D eigenvalue weighted by molar-refractivity contribution is 6.25. The monoisotopic (exact) mass is 1080 g/mol. The standard InChI is InChI=1S/C85H62/c1-83(2)72-35-20-19-26-59(72)60-43-38-55(48-75(60)83)78-65-27-13-15-29-67(65)79(68-30-16-14-28-66(68)78)56-39-44-63-61-41-36-53(46-73(61)84(3,4)76(63)49-56)54-37-42-62-64-45-40-57(50-77(64)85(5,6)74(62)47-54)80-69-31-17-18-32-70(69)81(52-24-11-8-12-25-52)82-58(33-21-34-71(80)82)51-22-9-7-10-23-51/h7-50H,1-6H3. The molecule has 0 bridgehead atoms. The molecular weight excluding hydrogens is 1020 g/mol. The SMILES string of the molecule is CC1(C)c2ccccc2-c2ccc(-c3c4ccccc4c(-c4ccc5c(c4)C(C)(C)c4cc(-c6ccc7c(c6)C(C)(C)c6cc(-c8c9ccccc9c(-c9ccccc9)c9c(-c%10ccccc%10)cccc89)ccc6-7)ccc4-5)c4ccccc34)cc21. The van der Waals surface area contributed by atoms with Gasteiger partial charge in [0.05, 0.1) is 0 Å². The van der Waals surface area contributed by atoms with E-state index in [-0.39, 0.29) is 16.2 Å². The highest BCUT2D eigenvalue weighted by atomic mass is 14.4. The van der Waals surface area contributed by atoms with Crippen molar-refractivity contribution in [1.29, 1.82) is 0 Å². The lowest BCUT2D eigenvalue weighted by atomic mass is 9.78. The first-order valence-corrected chi connectivity index (χ1v) is 30.3. The Hall–Kier alpha value is -9.88.